The Kier molecular flexibility index (Phi) is 11.0. The van der Waals surface area contributed by atoms with Gasteiger partial charge in [0.1, 0.15) is 0 Å². The lowest BCUT2D eigenvalue weighted by Gasteiger charge is -2.11. The summed E-state index contributed by atoms with van der Waals surface area (Å²) in [5.74, 6) is -0.995. The second-order valence-electron chi connectivity index (χ2n) is 9.02. The van der Waals surface area contributed by atoms with Crippen LogP contribution < -0.4 is 0 Å². The number of halogens is 2. The lowest BCUT2D eigenvalue weighted by atomic mass is 9.99. The lowest BCUT2D eigenvalue weighted by Crippen LogP contribution is -2.08. The zero-order valence-electron chi connectivity index (χ0n) is 21.4. The van der Waals surface area contributed by atoms with Gasteiger partial charge in [-0.2, -0.15) is 0 Å². The number of hydrogen-bond acceptors (Lipinski definition) is 3. The van der Waals surface area contributed by atoms with Gasteiger partial charge in [0.05, 0.1) is 6.10 Å². The molecule has 0 aliphatic rings. The third kappa shape index (κ3) is 7.92. The topological polar surface area (TPSA) is 35.0 Å². The second kappa shape index (κ2) is 14.4. The number of rotatable bonds is 14. The molecule has 0 saturated carbocycles. The maximum absolute atomic E-state index is 14.6. The highest BCUT2D eigenvalue weighted by Crippen LogP contribution is 2.29. The molecule has 5 heteroatoms. The van der Waals surface area contributed by atoms with E-state index in [2.05, 4.69) is 36.5 Å². The minimum absolute atomic E-state index is 0.237. The summed E-state index contributed by atoms with van der Waals surface area (Å²) in [4.78, 5) is 8.88. The summed E-state index contributed by atoms with van der Waals surface area (Å²) < 4.78 is 34.7. The van der Waals surface area contributed by atoms with Crippen LogP contribution in [0.15, 0.2) is 67.5 Å². The van der Waals surface area contributed by atoms with E-state index >= 15 is 0 Å². The van der Waals surface area contributed by atoms with Crippen LogP contribution in [0.5, 0.6) is 0 Å². The van der Waals surface area contributed by atoms with Gasteiger partial charge in [-0.15, -0.1) is 6.58 Å². The molecular weight excluding hydrogens is 454 g/mol. The van der Waals surface area contributed by atoms with Crippen LogP contribution in [0.2, 0.25) is 0 Å². The average Bonchev–Trinajstić information content (AvgIpc) is 2.90. The number of nitrogens with zero attached hydrogens (tertiary/aromatic N) is 2. The van der Waals surface area contributed by atoms with Crippen molar-refractivity contribution in [3.63, 3.8) is 0 Å². The molecule has 0 fully saturated rings. The van der Waals surface area contributed by atoms with Gasteiger partial charge in [0.25, 0.3) is 0 Å². The van der Waals surface area contributed by atoms with E-state index in [9.17, 15) is 8.78 Å². The standard InChI is InChI=1S/C31H36F2N2O/c1-4-6-10-20-36-23(3)12-8-7-9-13-29-34-21-27(22-35-29)24-14-16-25(17-15-24)28-19-18-26(11-5-2)30(32)31(28)33/h5,9,13-19,21-23H,2,4,6-8,10-12,20H2,1,3H3. The molecule has 0 radical (unpaired) electrons. The first kappa shape index (κ1) is 27.4. The SMILES string of the molecule is C=CCc1ccc(-c2ccc(-c3cnc(C=CCCCC(C)OCCCCC)nc3)cc2)c(F)c1F. The molecule has 1 atom stereocenters. The Morgan fingerprint density at radius 2 is 1.64 bits per heavy atom. The second-order valence-corrected chi connectivity index (χ2v) is 9.02. The Morgan fingerprint density at radius 3 is 2.33 bits per heavy atom. The van der Waals surface area contributed by atoms with E-state index in [-0.39, 0.29) is 5.56 Å². The lowest BCUT2D eigenvalue weighted by molar-refractivity contribution is 0.0566. The number of ether oxygens (including phenoxy) is 1. The van der Waals surface area contributed by atoms with Crippen molar-refractivity contribution in [3.8, 4) is 22.3 Å². The van der Waals surface area contributed by atoms with Crippen LogP contribution in [0.1, 0.15) is 63.8 Å². The van der Waals surface area contributed by atoms with E-state index in [0.717, 1.165) is 43.4 Å². The van der Waals surface area contributed by atoms with Crippen molar-refractivity contribution in [1.82, 2.24) is 9.97 Å². The molecule has 190 valence electrons. The predicted molar refractivity (Wildman–Crippen MR) is 145 cm³/mol. The fourth-order valence-electron chi connectivity index (χ4n) is 3.97. The van der Waals surface area contributed by atoms with Gasteiger partial charge in [-0.3, -0.25) is 0 Å². The van der Waals surface area contributed by atoms with Gasteiger partial charge in [-0.05, 0) is 61.8 Å². The summed E-state index contributed by atoms with van der Waals surface area (Å²) in [7, 11) is 0. The van der Waals surface area contributed by atoms with Crippen LogP contribution in [-0.4, -0.2) is 22.7 Å². The molecule has 1 heterocycles. The smallest absolute Gasteiger partial charge is 0.166 e. The van der Waals surface area contributed by atoms with Crippen LogP contribution in [0, 0.1) is 11.6 Å². The third-order valence-electron chi connectivity index (χ3n) is 6.13. The number of hydrogen-bond donors (Lipinski definition) is 0. The molecule has 0 amide bonds. The van der Waals surface area contributed by atoms with Gasteiger partial charge >= 0.3 is 0 Å². The number of allylic oxidation sites excluding steroid dienone is 2. The van der Waals surface area contributed by atoms with Crippen molar-refractivity contribution in [2.75, 3.05) is 6.61 Å². The Morgan fingerprint density at radius 1 is 0.917 bits per heavy atom. The highest BCUT2D eigenvalue weighted by molar-refractivity contribution is 5.70. The zero-order chi connectivity index (χ0) is 25.8. The minimum Gasteiger partial charge on any atom is -0.379 e. The molecule has 0 bridgehead atoms. The summed E-state index contributed by atoms with van der Waals surface area (Å²) >= 11 is 0. The van der Waals surface area contributed by atoms with E-state index < -0.39 is 11.6 Å². The van der Waals surface area contributed by atoms with Crippen molar-refractivity contribution in [2.24, 2.45) is 0 Å². The van der Waals surface area contributed by atoms with Gasteiger partial charge in [-0.1, -0.05) is 68.3 Å². The molecular formula is C31H36F2N2O. The molecule has 3 aromatic rings. The quantitative estimate of drug-likeness (QED) is 0.168. The van der Waals surface area contributed by atoms with E-state index in [4.69, 9.17) is 4.74 Å². The maximum atomic E-state index is 14.6. The first-order valence-electron chi connectivity index (χ1n) is 12.8. The van der Waals surface area contributed by atoms with Crippen LogP contribution in [0.3, 0.4) is 0 Å². The Bertz CT molecular complexity index is 1120. The molecule has 2 aromatic carbocycles. The van der Waals surface area contributed by atoms with Crippen molar-refractivity contribution in [1.29, 1.82) is 0 Å². The molecule has 0 aliphatic heterocycles. The largest absolute Gasteiger partial charge is 0.379 e. The highest BCUT2D eigenvalue weighted by Gasteiger charge is 2.14. The third-order valence-corrected chi connectivity index (χ3v) is 6.13. The Hall–Kier alpha value is -3.18. The molecule has 1 unspecified atom stereocenters. The van der Waals surface area contributed by atoms with Crippen molar-refractivity contribution >= 4 is 6.08 Å². The van der Waals surface area contributed by atoms with Crippen LogP contribution in [-0.2, 0) is 11.2 Å². The van der Waals surface area contributed by atoms with Gasteiger partial charge in [0.15, 0.2) is 17.5 Å². The van der Waals surface area contributed by atoms with Crippen molar-refractivity contribution in [3.05, 3.63) is 90.5 Å². The highest BCUT2D eigenvalue weighted by atomic mass is 19.2. The van der Waals surface area contributed by atoms with Crippen LogP contribution >= 0.6 is 0 Å². The van der Waals surface area contributed by atoms with E-state index in [0.29, 0.717) is 29.5 Å². The first-order valence-corrected chi connectivity index (χ1v) is 12.8. The molecule has 0 spiro atoms. The summed E-state index contributed by atoms with van der Waals surface area (Å²) in [6.45, 7) is 8.77. The summed E-state index contributed by atoms with van der Waals surface area (Å²) in [6.07, 6.45) is 16.4. The fraction of sp³-hybridized carbons (Fsp3) is 0.355. The Labute approximate surface area is 214 Å². The summed E-state index contributed by atoms with van der Waals surface area (Å²) in [5, 5.41) is 0. The predicted octanol–water partition coefficient (Wildman–Crippen LogP) is 8.60. The zero-order valence-corrected chi connectivity index (χ0v) is 21.4. The van der Waals surface area contributed by atoms with Gasteiger partial charge in [-0.25, -0.2) is 18.7 Å². The first-order chi connectivity index (χ1) is 17.5. The average molecular weight is 491 g/mol. The molecule has 36 heavy (non-hydrogen) atoms. The van der Waals surface area contributed by atoms with Crippen molar-refractivity contribution < 1.29 is 13.5 Å². The number of unbranched alkanes of at least 4 members (excludes halogenated alkanes) is 3. The van der Waals surface area contributed by atoms with E-state index in [1.807, 2.05) is 18.2 Å². The molecule has 3 rings (SSSR count). The molecule has 0 saturated heterocycles. The molecule has 1 aromatic heterocycles. The Balaban J connectivity index is 1.52. The fourth-order valence-corrected chi connectivity index (χ4v) is 3.97. The van der Waals surface area contributed by atoms with Crippen molar-refractivity contribution in [2.45, 2.75) is 64.9 Å². The molecule has 3 nitrogen and oxygen atoms in total. The maximum Gasteiger partial charge on any atom is 0.166 e. The van der Waals surface area contributed by atoms with Gasteiger partial charge < -0.3 is 4.74 Å². The summed E-state index contributed by atoms with van der Waals surface area (Å²) in [5.41, 5.74) is 2.92. The number of benzene rings is 2. The van der Waals surface area contributed by atoms with Crippen LogP contribution in [0.4, 0.5) is 8.78 Å². The molecule has 0 aliphatic carbocycles. The van der Waals surface area contributed by atoms with Gasteiger partial charge in [0, 0.05) is 30.1 Å². The molecule has 0 N–H and O–H groups in total. The minimum atomic E-state index is -0.837. The van der Waals surface area contributed by atoms with E-state index in [1.54, 1.807) is 42.7 Å². The van der Waals surface area contributed by atoms with Gasteiger partial charge in [0.2, 0.25) is 0 Å². The normalized spacial score (nSPS) is 12.2. The van der Waals surface area contributed by atoms with E-state index in [1.165, 1.54) is 12.8 Å². The monoisotopic (exact) mass is 490 g/mol. The summed E-state index contributed by atoms with van der Waals surface area (Å²) in [6, 6.07) is 10.5. The van der Waals surface area contributed by atoms with Crippen LogP contribution in [0.25, 0.3) is 28.3 Å². The number of aromatic nitrogens is 2.